The van der Waals surface area contributed by atoms with Gasteiger partial charge in [0, 0.05) is 18.1 Å². The second-order valence-electron chi connectivity index (χ2n) is 6.04. The lowest BCUT2D eigenvalue weighted by molar-refractivity contribution is -0.177. The van der Waals surface area contributed by atoms with E-state index in [0.717, 1.165) is 25.7 Å². The van der Waals surface area contributed by atoms with E-state index in [4.69, 9.17) is 9.47 Å². The molecule has 0 saturated heterocycles. The SMILES string of the molecule is C=C(C)C(=O)OC1(CC)CC2CCC1(COC)C2. The van der Waals surface area contributed by atoms with Crippen LogP contribution >= 0.6 is 0 Å². The molecule has 0 heterocycles. The Bertz CT molecular complexity index is 363. The predicted molar refractivity (Wildman–Crippen MR) is 70.2 cm³/mol. The summed E-state index contributed by atoms with van der Waals surface area (Å²) in [7, 11) is 1.74. The fourth-order valence-corrected chi connectivity index (χ4v) is 4.05. The number of hydrogen-bond acceptors (Lipinski definition) is 3. The molecule has 2 aliphatic carbocycles. The third kappa shape index (κ3) is 1.89. The van der Waals surface area contributed by atoms with E-state index >= 15 is 0 Å². The highest BCUT2D eigenvalue weighted by Gasteiger charge is 2.63. The highest BCUT2D eigenvalue weighted by atomic mass is 16.6. The summed E-state index contributed by atoms with van der Waals surface area (Å²) in [6.45, 7) is 8.21. The van der Waals surface area contributed by atoms with Gasteiger partial charge in [-0.05, 0) is 44.9 Å². The first-order chi connectivity index (χ1) is 8.48. The molecule has 0 spiro atoms. The molecule has 18 heavy (non-hydrogen) atoms. The van der Waals surface area contributed by atoms with E-state index in [-0.39, 0.29) is 17.0 Å². The first-order valence-corrected chi connectivity index (χ1v) is 6.86. The quantitative estimate of drug-likeness (QED) is 0.557. The zero-order valence-electron chi connectivity index (χ0n) is 11.8. The molecule has 3 nitrogen and oxygen atoms in total. The third-order valence-electron chi connectivity index (χ3n) is 4.92. The number of carbonyl (C=O) groups excluding carboxylic acids is 1. The van der Waals surface area contributed by atoms with Crippen LogP contribution < -0.4 is 0 Å². The van der Waals surface area contributed by atoms with Crippen molar-refractivity contribution >= 4 is 5.97 Å². The molecule has 3 heteroatoms. The van der Waals surface area contributed by atoms with Crippen LogP contribution in [-0.2, 0) is 14.3 Å². The molecule has 3 unspecified atom stereocenters. The Balaban J connectivity index is 2.25. The molecule has 3 atom stereocenters. The number of esters is 1. The topological polar surface area (TPSA) is 35.5 Å². The number of methoxy groups -OCH3 is 1. The van der Waals surface area contributed by atoms with E-state index in [1.807, 2.05) is 0 Å². The van der Waals surface area contributed by atoms with Crippen LogP contribution in [0.15, 0.2) is 12.2 Å². The van der Waals surface area contributed by atoms with Crippen LogP contribution in [0.5, 0.6) is 0 Å². The van der Waals surface area contributed by atoms with Crippen molar-refractivity contribution in [2.45, 2.75) is 51.6 Å². The third-order valence-corrected chi connectivity index (χ3v) is 4.92. The van der Waals surface area contributed by atoms with Crippen molar-refractivity contribution in [3.05, 3.63) is 12.2 Å². The van der Waals surface area contributed by atoms with Gasteiger partial charge in [-0.1, -0.05) is 13.5 Å². The summed E-state index contributed by atoms with van der Waals surface area (Å²) < 4.78 is 11.3. The standard InChI is InChI=1S/C15H24O3/c1-5-15(18-13(16)11(2)3)9-12-6-7-14(15,8-12)10-17-4/h12H,2,5-10H2,1,3-4H3. The highest BCUT2D eigenvalue weighted by Crippen LogP contribution is 2.62. The van der Waals surface area contributed by atoms with Crippen molar-refractivity contribution in [3.63, 3.8) is 0 Å². The maximum absolute atomic E-state index is 11.9. The molecule has 0 aromatic heterocycles. The minimum absolute atomic E-state index is 0.0340. The van der Waals surface area contributed by atoms with Crippen molar-refractivity contribution in [2.24, 2.45) is 11.3 Å². The molecule has 0 aromatic rings. The summed E-state index contributed by atoms with van der Waals surface area (Å²) in [5.41, 5.74) is 0.187. The van der Waals surface area contributed by atoms with E-state index in [2.05, 4.69) is 13.5 Å². The summed E-state index contributed by atoms with van der Waals surface area (Å²) in [5.74, 6) is 0.442. The fraction of sp³-hybridized carbons (Fsp3) is 0.800. The van der Waals surface area contributed by atoms with Gasteiger partial charge in [-0.2, -0.15) is 0 Å². The summed E-state index contributed by atoms with van der Waals surface area (Å²) in [5, 5.41) is 0. The second kappa shape index (κ2) is 4.69. The predicted octanol–water partition coefficient (Wildman–Crippen LogP) is 3.09. The molecule has 2 aliphatic rings. The van der Waals surface area contributed by atoms with Gasteiger partial charge in [0.15, 0.2) is 0 Å². The molecular weight excluding hydrogens is 228 g/mol. The van der Waals surface area contributed by atoms with Gasteiger partial charge in [-0.25, -0.2) is 4.79 Å². The van der Waals surface area contributed by atoms with Crippen LogP contribution in [0.1, 0.15) is 46.0 Å². The largest absolute Gasteiger partial charge is 0.455 e. The number of fused-ring (bicyclic) bond motifs is 2. The lowest BCUT2D eigenvalue weighted by Gasteiger charge is -2.45. The number of rotatable bonds is 5. The van der Waals surface area contributed by atoms with Gasteiger partial charge in [0.2, 0.25) is 0 Å². The van der Waals surface area contributed by atoms with Crippen LogP contribution in [0, 0.1) is 11.3 Å². The molecule has 2 fully saturated rings. The zero-order valence-corrected chi connectivity index (χ0v) is 11.8. The van der Waals surface area contributed by atoms with Crippen LogP contribution in [0.25, 0.3) is 0 Å². The molecule has 0 radical (unpaired) electrons. The normalized spacial score (nSPS) is 37.8. The molecule has 0 N–H and O–H groups in total. The molecular formula is C15H24O3. The summed E-state index contributed by atoms with van der Waals surface area (Å²) >= 11 is 0. The Morgan fingerprint density at radius 1 is 1.44 bits per heavy atom. The number of carbonyl (C=O) groups is 1. The van der Waals surface area contributed by atoms with Crippen molar-refractivity contribution in [2.75, 3.05) is 13.7 Å². The fourth-order valence-electron chi connectivity index (χ4n) is 4.05. The summed E-state index contributed by atoms with van der Waals surface area (Å²) in [6.07, 6.45) is 5.36. The van der Waals surface area contributed by atoms with Crippen LogP contribution in [-0.4, -0.2) is 25.3 Å². The Labute approximate surface area is 110 Å². The van der Waals surface area contributed by atoms with Crippen molar-refractivity contribution in [1.29, 1.82) is 0 Å². The lowest BCUT2D eigenvalue weighted by atomic mass is 9.70. The van der Waals surface area contributed by atoms with Crippen molar-refractivity contribution < 1.29 is 14.3 Å². The van der Waals surface area contributed by atoms with Crippen LogP contribution in [0.4, 0.5) is 0 Å². The molecule has 0 amide bonds. The average Bonchev–Trinajstić information content (AvgIpc) is 2.85. The van der Waals surface area contributed by atoms with Gasteiger partial charge in [0.25, 0.3) is 0 Å². The van der Waals surface area contributed by atoms with Gasteiger partial charge in [0.05, 0.1) is 6.61 Å². The zero-order chi connectivity index (χ0) is 13.4. The van der Waals surface area contributed by atoms with Gasteiger partial charge < -0.3 is 9.47 Å². The summed E-state index contributed by atoms with van der Waals surface area (Å²) in [6, 6.07) is 0. The van der Waals surface area contributed by atoms with E-state index in [9.17, 15) is 4.79 Å². The van der Waals surface area contributed by atoms with Gasteiger partial charge >= 0.3 is 5.97 Å². The van der Waals surface area contributed by atoms with Crippen LogP contribution in [0.2, 0.25) is 0 Å². The maximum atomic E-state index is 11.9. The van der Waals surface area contributed by atoms with E-state index in [1.165, 1.54) is 6.42 Å². The van der Waals surface area contributed by atoms with Gasteiger partial charge in [-0.15, -0.1) is 0 Å². The van der Waals surface area contributed by atoms with Crippen LogP contribution in [0.3, 0.4) is 0 Å². The Kier molecular flexibility index (Phi) is 3.54. The molecule has 2 bridgehead atoms. The maximum Gasteiger partial charge on any atom is 0.333 e. The minimum Gasteiger partial charge on any atom is -0.455 e. The second-order valence-corrected chi connectivity index (χ2v) is 6.04. The Hall–Kier alpha value is -0.830. The number of ether oxygens (including phenoxy) is 2. The van der Waals surface area contributed by atoms with Crippen molar-refractivity contribution in [3.8, 4) is 0 Å². The van der Waals surface area contributed by atoms with Gasteiger partial charge in [-0.3, -0.25) is 0 Å². The minimum atomic E-state index is -0.331. The van der Waals surface area contributed by atoms with E-state index in [0.29, 0.717) is 18.1 Å². The first kappa shape index (κ1) is 13.6. The van der Waals surface area contributed by atoms with E-state index in [1.54, 1.807) is 14.0 Å². The average molecular weight is 252 g/mol. The van der Waals surface area contributed by atoms with E-state index < -0.39 is 0 Å². The first-order valence-electron chi connectivity index (χ1n) is 6.86. The van der Waals surface area contributed by atoms with Gasteiger partial charge in [0.1, 0.15) is 5.60 Å². The lowest BCUT2D eigenvalue weighted by Crippen LogP contribution is -2.50. The molecule has 0 aromatic carbocycles. The smallest absolute Gasteiger partial charge is 0.333 e. The highest BCUT2D eigenvalue weighted by molar-refractivity contribution is 5.87. The molecule has 2 rings (SSSR count). The number of hydrogen-bond donors (Lipinski definition) is 0. The molecule has 0 aliphatic heterocycles. The Morgan fingerprint density at radius 3 is 2.67 bits per heavy atom. The monoisotopic (exact) mass is 252 g/mol. The Morgan fingerprint density at radius 2 is 2.17 bits per heavy atom. The summed E-state index contributed by atoms with van der Waals surface area (Å²) in [4.78, 5) is 11.9. The molecule has 102 valence electrons. The van der Waals surface area contributed by atoms with Crippen molar-refractivity contribution in [1.82, 2.24) is 0 Å². The molecule has 2 saturated carbocycles.